The highest BCUT2D eigenvalue weighted by molar-refractivity contribution is 5.68. The second kappa shape index (κ2) is 2.43. The Kier molecular flexibility index (Phi) is 1.86. The Hall–Kier alpha value is -0.670. The van der Waals surface area contributed by atoms with Crippen LogP contribution in [0.2, 0.25) is 0 Å². The molecular formula is C7H10F2O2. The summed E-state index contributed by atoms with van der Waals surface area (Å²) in [6.45, 7) is 1.65. The smallest absolute Gasteiger partial charge is 0.303 e. The maximum atomic E-state index is 12.6. The fourth-order valence-electron chi connectivity index (χ4n) is 1.48. The summed E-state index contributed by atoms with van der Waals surface area (Å²) in [7, 11) is 0. The quantitative estimate of drug-likeness (QED) is 0.689. The minimum atomic E-state index is -2.72. The average molecular weight is 164 g/mol. The molecule has 0 heterocycles. The third kappa shape index (κ3) is 1.34. The molecular weight excluding hydrogens is 154 g/mol. The van der Waals surface area contributed by atoms with Gasteiger partial charge in [-0.05, 0) is 6.42 Å². The van der Waals surface area contributed by atoms with Crippen molar-refractivity contribution in [1.29, 1.82) is 0 Å². The Balaban J connectivity index is 2.46. The number of hydrogen-bond donors (Lipinski definition) is 1. The number of carboxylic acid groups (broad SMARTS) is 1. The van der Waals surface area contributed by atoms with E-state index in [1.165, 1.54) is 0 Å². The first-order chi connectivity index (χ1) is 5.00. The molecule has 64 valence electrons. The van der Waals surface area contributed by atoms with Gasteiger partial charge >= 0.3 is 5.97 Å². The zero-order valence-corrected chi connectivity index (χ0v) is 6.18. The Morgan fingerprint density at radius 3 is 2.36 bits per heavy atom. The van der Waals surface area contributed by atoms with E-state index in [2.05, 4.69) is 0 Å². The van der Waals surface area contributed by atoms with Crippen LogP contribution in [0.25, 0.3) is 0 Å². The molecule has 0 amide bonds. The molecule has 2 atom stereocenters. The lowest BCUT2D eigenvalue weighted by Crippen LogP contribution is -2.01. The van der Waals surface area contributed by atoms with Gasteiger partial charge in [0.1, 0.15) is 0 Å². The standard InChI is InChI=1S/C7H10F2O2/c1-2-4-5(3-6(10)11)7(4,8)9/h4-5H,2-3H2,1H3,(H,10,11)/t4-,5-/m1/s1. The summed E-state index contributed by atoms with van der Waals surface area (Å²) in [5.74, 6) is -5.46. The fourth-order valence-corrected chi connectivity index (χ4v) is 1.48. The fraction of sp³-hybridized carbons (Fsp3) is 0.857. The van der Waals surface area contributed by atoms with Crippen LogP contribution in [0.15, 0.2) is 0 Å². The normalized spacial score (nSPS) is 33.4. The van der Waals surface area contributed by atoms with Crippen LogP contribution in [0.1, 0.15) is 19.8 Å². The molecule has 1 saturated carbocycles. The summed E-state index contributed by atoms with van der Waals surface area (Å²) in [5, 5.41) is 8.24. The van der Waals surface area contributed by atoms with Crippen LogP contribution in [0.3, 0.4) is 0 Å². The minimum absolute atomic E-state index is 0.366. The van der Waals surface area contributed by atoms with Crippen molar-refractivity contribution in [3.63, 3.8) is 0 Å². The molecule has 0 aromatic heterocycles. The van der Waals surface area contributed by atoms with Gasteiger partial charge in [-0.2, -0.15) is 0 Å². The summed E-state index contributed by atoms with van der Waals surface area (Å²) in [5.41, 5.74) is 0. The van der Waals surface area contributed by atoms with E-state index < -0.39 is 30.1 Å². The molecule has 1 fully saturated rings. The molecule has 1 rings (SSSR count). The van der Waals surface area contributed by atoms with Gasteiger partial charge in [-0.15, -0.1) is 0 Å². The van der Waals surface area contributed by atoms with Crippen LogP contribution in [-0.4, -0.2) is 17.0 Å². The molecule has 1 N–H and O–H groups in total. The molecule has 0 bridgehead atoms. The maximum absolute atomic E-state index is 12.6. The zero-order valence-electron chi connectivity index (χ0n) is 6.18. The van der Waals surface area contributed by atoms with Crippen molar-refractivity contribution in [2.24, 2.45) is 11.8 Å². The summed E-state index contributed by atoms with van der Waals surface area (Å²) < 4.78 is 25.1. The SMILES string of the molecule is CC[C@@H]1[C@@H](CC(=O)O)C1(F)F. The molecule has 0 aliphatic heterocycles. The zero-order chi connectivity index (χ0) is 8.65. The topological polar surface area (TPSA) is 37.3 Å². The van der Waals surface area contributed by atoms with Gasteiger partial charge in [0, 0.05) is 11.8 Å². The second-order valence-electron chi connectivity index (χ2n) is 2.89. The second-order valence-corrected chi connectivity index (χ2v) is 2.89. The Bertz CT molecular complexity index is 179. The molecule has 0 aromatic carbocycles. The van der Waals surface area contributed by atoms with Crippen molar-refractivity contribution in [2.75, 3.05) is 0 Å². The molecule has 0 spiro atoms. The van der Waals surface area contributed by atoms with E-state index in [-0.39, 0.29) is 0 Å². The van der Waals surface area contributed by atoms with Gasteiger partial charge in [0.15, 0.2) is 0 Å². The number of aliphatic carboxylic acids is 1. The lowest BCUT2D eigenvalue weighted by Gasteiger charge is -1.90. The largest absolute Gasteiger partial charge is 0.481 e. The van der Waals surface area contributed by atoms with Crippen molar-refractivity contribution >= 4 is 5.97 Å². The molecule has 1 aliphatic rings. The van der Waals surface area contributed by atoms with Gasteiger partial charge in [-0.25, -0.2) is 8.78 Å². The summed E-state index contributed by atoms with van der Waals surface area (Å²) in [6, 6.07) is 0. The van der Waals surface area contributed by atoms with Gasteiger partial charge in [0.25, 0.3) is 5.92 Å². The molecule has 0 radical (unpaired) electrons. The van der Waals surface area contributed by atoms with E-state index in [1.807, 2.05) is 0 Å². The van der Waals surface area contributed by atoms with Crippen LogP contribution in [0.5, 0.6) is 0 Å². The number of carboxylic acids is 1. The van der Waals surface area contributed by atoms with Crippen molar-refractivity contribution in [3.8, 4) is 0 Å². The first kappa shape index (κ1) is 8.43. The van der Waals surface area contributed by atoms with Gasteiger partial charge in [0.05, 0.1) is 6.42 Å². The first-order valence-corrected chi connectivity index (χ1v) is 3.59. The third-order valence-electron chi connectivity index (χ3n) is 2.20. The third-order valence-corrected chi connectivity index (χ3v) is 2.20. The first-order valence-electron chi connectivity index (χ1n) is 3.59. The monoisotopic (exact) mass is 164 g/mol. The van der Waals surface area contributed by atoms with E-state index >= 15 is 0 Å². The molecule has 4 heteroatoms. The lowest BCUT2D eigenvalue weighted by atomic mass is 10.2. The number of hydrogen-bond acceptors (Lipinski definition) is 1. The maximum Gasteiger partial charge on any atom is 0.303 e. The predicted molar refractivity (Wildman–Crippen MR) is 34.5 cm³/mol. The number of halogens is 2. The van der Waals surface area contributed by atoms with E-state index in [0.717, 1.165) is 0 Å². The Morgan fingerprint density at radius 2 is 2.09 bits per heavy atom. The van der Waals surface area contributed by atoms with Crippen LogP contribution in [-0.2, 0) is 4.79 Å². The Labute approximate surface area is 63.2 Å². The summed E-state index contributed by atoms with van der Waals surface area (Å²) >= 11 is 0. The number of alkyl halides is 2. The molecule has 0 aromatic rings. The molecule has 2 nitrogen and oxygen atoms in total. The van der Waals surface area contributed by atoms with Crippen molar-refractivity contribution in [2.45, 2.75) is 25.7 Å². The van der Waals surface area contributed by atoms with Crippen molar-refractivity contribution < 1.29 is 18.7 Å². The summed E-state index contributed by atoms with van der Waals surface area (Å²) in [4.78, 5) is 10.1. The number of carbonyl (C=O) groups is 1. The average Bonchev–Trinajstić information content (AvgIpc) is 2.33. The van der Waals surface area contributed by atoms with E-state index in [9.17, 15) is 13.6 Å². The van der Waals surface area contributed by atoms with Crippen LogP contribution in [0.4, 0.5) is 8.78 Å². The van der Waals surface area contributed by atoms with Gasteiger partial charge in [0.2, 0.25) is 0 Å². The van der Waals surface area contributed by atoms with E-state index in [0.29, 0.717) is 6.42 Å². The molecule has 11 heavy (non-hydrogen) atoms. The van der Waals surface area contributed by atoms with Gasteiger partial charge in [-0.3, -0.25) is 4.79 Å². The molecule has 0 saturated heterocycles. The lowest BCUT2D eigenvalue weighted by molar-refractivity contribution is -0.138. The number of rotatable bonds is 3. The van der Waals surface area contributed by atoms with E-state index in [1.54, 1.807) is 6.92 Å². The predicted octanol–water partition coefficient (Wildman–Crippen LogP) is 1.75. The van der Waals surface area contributed by atoms with Crippen LogP contribution < -0.4 is 0 Å². The Morgan fingerprint density at radius 1 is 1.55 bits per heavy atom. The highest BCUT2D eigenvalue weighted by Gasteiger charge is 2.67. The molecule has 1 aliphatic carbocycles. The highest BCUT2D eigenvalue weighted by Crippen LogP contribution is 2.58. The van der Waals surface area contributed by atoms with Crippen molar-refractivity contribution in [3.05, 3.63) is 0 Å². The van der Waals surface area contributed by atoms with Crippen LogP contribution in [0, 0.1) is 11.8 Å². The van der Waals surface area contributed by atoms with Crippen molar-refractivity contribution in [1.82, 2.24) is 0 Å². The van der Waals surface area contributed by atoms with Gasteiger partial charge < -0.3 is 5.11 Å². The van der Waals surface area contributed by atoms with Gasteiger partial charge in [-0.1, -0.05) is 6.92 Å². The molecule has 0 unspecified atom stereocenters. The van der Waals surface area contributed by atoms with Crippen LogP contribution >= 0.6 is 0 Å². The minimum Gasteiger partial charge on any atom is -0.481 e. The summed E-state index contributed by atoms with van der Waals surface area (Å²) in [6.07, 6.45) is -0.0313. The highest BCUT2D eigenvalue weighted by atomic mass is 19.3. The van der Waals surface area contributed by atoms with E-state index in [4.69, 9.17) is 5.11 Å².